The van der Waals surface area contributed by atoms with Crippen LogP contribution in [0.1, 0.15) is 17.5 Å². The number of amides is 1. The van der Waals surface area contributed by atoms with Crippen molar-refractivity contribution in [3.05, 3.63) is 29.3 Å². The zero-order chi connectivity index (χ0) is 13.5. The Balaban J connectivity index is 2.41. The Hall–Kier alpha value is -1.56. The minimum absolute atomic E-state index is 0.176. The molecular formula is C12H13F3N2O. The van der Waals surface area contributed by atoms with Crippen LogP contribution >= 0.6 is 0 Å². The number of carbonyl (C=O) groups excluding carboxylic acids is 1. The van der Waals surface area contributed by atoms with Crippen molar-refractivity contribution in [2.24, 2.45) is 5.73 Å². The standard InChI is InChI=1S/C12H13F3N2O/c1-7-2-3-8(12(13,14)15)4-10(7)17-6-9(16)5-11(17)18/h2-4,9H,5-6,16H2,1H3. The average molecular weight is 258 g/mol. The van der Waals surface area contributed by atoms with Gasteiger partial charge in [0.2, 0.25) is 5.91 Å². The molecule has 1 unspecified atom stereocenters. The summed E-state index contributed by atoms with van der Waals surface area (Å²) in [5, 5.41) is 0. The number of carbonyl (C=O) groups is 1. The van der Waals surface area contributed by atoms with Crippen molar-refractivity contribution < 1.29 is 18.0 Å². The molecule has 1 heterocycles. The van der Waals surface area contributed by atoms with Gasteiger partial charge in [0, 0.05) is 24.7 Å². The van der Waals surface area contributed by atoms with Crippen molar-refractivity contribution in [3.63, 3.8) is 0 Å². The second-order valence-electron chi connectivity index (χ2n) is 4.47. The van der Waals surface area contributed by atoms with Gasteiger partial charge in [-0.1, -0.05) is 6.07 Å². The van der Waals surface area contributed by atoms with Gasteiger partial charge < -0.3 is 10.6 Å². The third kappa shape index (κ3) is 2.33. The van der Waals surface area contributed by atoms with Gasteiger partial charge in [0.15, 0.2) is 0 Å². The normalized spacial score (nSPS) is 20.6. The van der Waals surface area contributed by atoms with Gasteiger partial charge in [0.1, 0.15) is 0 Å². The maximum atomic E-state index is 12.6. The highest BCUT2D eigenvalue weighted by Crippen LogP contribution is 2.34. The summed E-state index contributed by atoms with van der Waals surface area (Å²) in [5.41, 5.74) is 5.81. The van der Waals surface area contributed by atoms with E-state index in [4.69, 9.17) is 5.73 Å². The molecule has 1 aliphatic heterocycles. The number of nitrogens with two attached hydrogens (primary N) is 1. The number of alkyl halides is 3. The fraction of sp³-hybridized carbons (Fsp3) is 0.417. The van der Waals surface area contributed by atoms with Gasteiger partial charge in [-0.25, -0.2) is 0 Å². The molecule has 1 aromatic rings. The second kappa shape index (κ2) is 4.28. The van der Waals surface area contributed by atoms with Crippen LogP contribution in [0.5, 0.6) is 0 Å². The number of anilines is 1. The molecule has 1 atom stereocenters. The van der Waals surface area contributed by atoms with Gasteiger partial charge in [-0.2, -0.15) is 13.2 Å². The highest BCUT2D eigenvalue weighted by atomic mass is 19.4. The minimum atomic E-state index is -4.41. The first-order valence-electron chi connectivity index (χ1n) is 5.53. The van der Waals surface area contributed by atoms with Gasteiger partial charge in [-0.05, 0) is 24.6 Å². The summed E-state index contributed by atoms with van der Waals surface area (Å²) in [4.78, 5) is 13.0. The summed E-state index contributed by atoms with van der Waals surface area (Å²) in [6.07, 6.45) is -4.23. The molecule has 1 amide bonds. The van der Waals surface area contributed by atoms with E-state index in [0.717, 1.165) is 12.1 Å². The molecule has 2 rings (SSSR count). The van der Waals surface area contributed by atoms with Crippen molar-refractivity contribution in [2.75, 3.05) is 11.4 Å². The number of rotatable bonds is 1. The van der Waals surface area contributed by atoms with Crippen LogP contribution in [0, 0.1) is 6.92 Å². The number of benzene rings is 1. The molecule has 0 aliphatic carbocycles. The Morgan fingerprint density at radius 1 is 1.39 bits per heavy atom. The Morgan fingerprint density at radius 3 is 2.56 bits per heavy atom. The quantitative estimate of drug-likeness (QED) is 0.838. The number of aryl methyl sites for hydroxylation is 1. The SMILES string of the molecule is Cc1ccc(C(F)(F)F)cc1N1CC(N)CC1=O. The summed E-state index contributed by atoms with van der Waals surface area (Å²) in [6.45, 7) is 1.94. The predicted molar refractivity (Wildman–Crippen MR) is 61.1 cm³/mol. The van der Waals surface area contributed by atoms with Gasteiger partial charge in [-0.15, -0.1) is 0 Å². The zero-order valence-electron chi connectivity index (χ0n) is 9.79. The molecule has 1 saturated heterocycles. The van der Waals surface area contributed by atoms with E-state index in [2.05, 4.69) is 0 Å². The summed E-state index contributed by atoms with van der Waals surface area (Å²) in [6, 6.07) is 3.08. The van der Waals surface area contributed by atoms with Crippen LogP contribution in [0.4, 0.5) is 18.9 Å². The fourth-order valence-corrected chi connectivity index (χ4v) is 2.04. The molecule has 6 heteroatoms. The highest BCUT2D eigenvalue weighted by molar-refractivity contribution is 5.97. The van der Waals surface area contributed by atoms with Gasteiger partial charge in [-0.3, -0.25) is 4.79 Å². The van der Waals surface area contributed by atoms with E-state index < -0.39 is 11.7 Å². The van der Waals surface area contributed by atoms with E-state index in [1.807, 2.05) is 0 Å². The van der Waals surface area contributed by atoms with Crippen LogP contribution in [-0.4, -0.2) is 18.5 Å². The lowest BCUT2D eigenvalue weighted by atomic mass is 10.1. The smallest absolute Gasteiger partial charge is 0.326 e. The van der Waals surface area contributed by atoms with Crippen LogP contribution in [0.25, 0.3) is 0 Å². The average Bonchev–Trinajstić information content (AvgIpc) is 2.56. The Kier molecular flexibility index (Phi) is 3.06. The first-order chi connectivity index (χ1) is 8.29. The summed E-state index contributed by atoms with van der Waals surface area (Å²) in [5.74, 6) is -0.232. The van der Waals surface area contributed by atoms with Gasteiger partial charge in [0.25, 0.3) is 0 Å². The van der Waals surface area contributed by atoms with Crippen LogP contribution in [0.3, 0.4) is 0 Å². The minimum Gasteiger partial charge on any atom is -0.326 e. The first kappa shape index (κ1) is 12.9. The van der Waals surface area contributed by atoms with Crippen molar-refractivity contribution in [1.29, 1.82) is 0 Å². The van der Waals surface area contributed by atoms with Gasteiger partial charge in [0.05, 0.1) is 5.56 Å². The molecule has 0 bridgehead atoms. The van der Waals surface area contributed by atoms with Crippen molar-refractivity contribution in [1.82, 2.24) is 0 Å². The van der Waals surface area contributed by atoms with Crippen LogP contribution in [0.2, 0.25) is 0 Å². The molecule has 1 fully saturated rings. The molecule has 0 spiro atoms. The maximum absolute atomic E-state index is 12.6. The molecule has 2 N–H and O–H groups in total. The number of hydrogen-bond acceptors (Lipinski definition) is 2. The molecule has 0 saturated carbocycles. The third-order valence-corrected chi connectivity index (χ3v) is 2.98. The fourth-order valence-electron chi connectivity index (χ4n) is 2.04. The zero-order valence-corrected chi connectivity index (χ0v) is 9.79. The van der Waals surface area contributed by atoms with Crippen molar-refractivity contribution >= 4 is 11.6 Å². The number of halogens is 3. The Morgan fingerprint density at radius 2 is 2.06 bits per heavy atom. The number of nitrogens with zero attached hydrogens (tertiary/aromatic N) is 1. The van der Waals surface area contributed by atoms with Crippen LogP contribution < -0.4 is 10.6 Å². The second-order valence-corrected chi connectivity index (χ2v) is 4.47. The van der Waals surface area contributed by atoms with E-state index in [-0.39, 0.29) is 24.9 Å². The van der Waals surface area contributed by atoms with E-state index in [1.54, 1.807) is 6.92 Å². The highest BCUT2D eigenvalue weighted by Gasteiger charge is 2.34. The molecule has 1 aromatic carbocycles. The molecule has 98 valence electrons. The Bertz CT molecular complexity index is 485. The summed E-state index contributed by atoms with van der Waals surface area (Å²) < 4.78 is 37.9. The van der Waals surface area contributed by atoms with Gasteiger partial charge >= 0.3 is 6.18 Å². The monoisotopic (exact) mass is 258 g/mol. The van der Waals surface area contributed by atoms with Crippen LogP contribution in [0.15, 0.2) is 18.2 Å². The molecule has 18 heavy (non-hydrogen) atoms. The largest absolute Gasteiger partial charge is 0.416 e. The topological polar surface area (TPSA) is 46.3 Å². The maximum Gasteiger partial charge on any atom is 0.416 e. The molecular weight excluding hydrogens is 245 g/mol. The summed E-state index contributed by atoms with van der Waals surface area (Å²) >= 11 is 0. The van der Waals surface area contributed by atoms with Crippen molar-refractivity contribution in [2.45, 2.75) is 25.6 Å². The molecule has 0 aromatic heterocycles. The lowest BCUT2D eigenvalue weighted by Crippen LogP contribution is -2.28. The molecule has 0 radical (unpaired) electrons. The molecule has 3 nitrogen and oxygen atoms in total. The molecule has 1 aliphatic rings. The lowest BCUT2D eigenvalue weighted by molar-refractivity contribution is -0.137. The van der Waals surface area contributed by atoms with Crippen LogP contribution in [-0.2, 0) is 11.0 Å². The lowest BCUT2D eigenvalue weighted by Gasteiger charge is -2.20. The summed E-state index contributed by atoms with van der Waals surface area (Å²) in [7, 11) is 0. The van der Waals surface area contributed by atoms with E-state index in [0.29, 0.717) is 11.3 Å². The third-order valence-electron chi connectivity index (χ3n) is 2.98. The van der Waals surface area contributed by atoms with E-state index >= 15 is 0 Å². The Labute approximate surface area is 102 Å². The van der Waals surface area contributed by atoms with E-state index in [1.165, 1.54) is 11.0 Å². The predicted octanol–water partition coefficient (Wildman–Crippen LogP) is 2.08. The van der Waals surface area contributed by atoms with Crippen molar-refractivity contribution in [3.8, 4) is 0 Å². The number of hydrogen-bond donors (Lipinski definition) is 1. The first-order valence-corrected chi connectivity index (χ1v) is 5.53. The van der Waals surface area contributed by atoms with E-state index in [9.17, 15) is 18.0 Å².